The van der Waals surface area contributed by atoms with Gasteiger partial charge in [-0.05, 0) is 52.8 Å². The van der Waals surface area contributed by atoms with Crippen LogP contribution < -0.4 is 5.32 Å². The van der Waals surface area contributed by atoms with Crippen LogP contribution in [0.5, 0.6) is 0 Å². The summed E-state index contributed by atoms with van der Waals surface area (Å²) in [6, 6.07) is 4.08. The molecule has 1 fully saturated rings. The molecule has 110 valence electrons. The number of piperidine rings is 1. The maximum atomic E-state index is 11.7. The second kappa shape index (κ2) is 6.35. The third-order valence-corrected chi connectivity index (χ3v) is 3.59. The normalized spacial score (nSPS) is 16.9. The van der Waals surface area contributed by atoms with Crippen LogP contribution in [0, 0.1) is 5.41 Å². The molecule has 1 aromatic rings. The highest BCUT2D eigenvalue weighted by Gasteiger charge is 2.23. The highest BCUT2D eigenvalue weighted by molar-refractivity contribution is 5.75. The molecule has 4 heteroatoms. The summed E-state index contributed by atoms with van der Waals surface area (Å²) in [6.07, 6.45) is 4.12. The van der Waals surface area contributed by atoms with E-state index >= 15 is 0 Å². The van der Waals surface area contributed by atoms with Gasteiger partial charge in [-0.1, -0.05) is 6.07 Å². The zero-order valence-electron chi connectivity index (χ0n) is 12.6. The molecule has 1 aromatic heterocycles. The number of carbonyl (C=O) groups excluding carboxylic acids is 1. The van der Waals surface area contributed by atoms with Gasteiger partial charge in [-0.2, -0.15) is 0 Å². The van der Waals surface area contributed by atoms with Crippen molar-refractivity contribution in [3.63, 3.8) is 0 Å². The Labute approximate surface area is 120 Å². The number of rotatable bonds is 3. The summed E-state index contributed by atoms with van der Waals surface area (Å²) in [5.41, 5.74) is 1.64. The maximum absolute atomic E-state index is 11.7. The molecule has 0 aliphatic carbocycles. The quantitative estimate of drug-likeness (QED) is 0.862. The number of aromatic nitrogens is 1. The zero-order valence-corrected chi connectivity index (χ0v) is 12.6. The van der Waals surface area contributed by atoms with E-state index in [-0.39, 0.29) is 5.97 Å². The van der Waals surface area contributed by atoms with Gasteiger partial charge in [0.1, 0.15) is 6.61 Å². The van der Waals surface area contributed by atoms with E-state index in [1.165, 1.54) is 0 Å². The summed E-state index contributed by atoms with van der Waals surface area (Å²) in [7, 11) is 0. The van der Waals surface area contributed by atoms with Crippen molar-refractivity contribution in [2.24, 2.45) is 5.41 Å². The van der Waals surface area contributed by atoms with Gasteiger partial charge in [0, 0.05) is 23.4 Å². The number of nitrogens with zero attached hydrogens (tertiary/aromatic N) is 1. The SMILES string of the molecule is CC(C)(C)C(=O)OCc1ccc(C2CCNCC2)nc1. The Morgan fingerprint density at radius 3 is 2.60 bits per heavy atom. The lowest BCUT2D eigenvalue weighted by molar-refractivity contribution is -0.154. The third-order valence-electron chi connectivity index (χ3n) is 3.59. The molecule has 0 saturated carbocycles. The summed E-state index contributed by atoms with van der Waals surface area (Å²) < 4.78 is 5.29. The minimum absolute atomic E-state index is 0.181. The summed E-state index contributed by atoms with van der Waals surface area (Å²) >= 11 is 0. The van der Waals surface area contributed by atoms with E-state index in [0.717, 1.165) is 37.2 Å². The molecule has 2 heterocycles. The van der Waals surface area contributed by atoms with Crippen molar-refractivity contribution in [1.82, 2.24) is 10.3 Å². The van der Waals surface area contributed by atoms with Gasteiger partial charge in [-0.25, -0.2) is 0 Å². The first kappa shape index (κ1) is 15.0. The fourth-order valence-electron chi connectivity index (χ4n) is 2.25. The van der Waals surface area contributed by atoms with Crippen LogP contribution in [0.25, 0.3) is 0 Å². The molecule has 1 N–H and O–H groups in total. The summed E-state index contributed by atoms with van der Waals surface area (Å²) in [6.45, 7) is 8.00. The van der Waals surface area contributed by atoms with Crippen LogP contribution in [0.1, 0.15) is 50.8 Å². The summed E-state index contributed by atoms with van der Waals surface area (Å²) in [5.74, 6) is 0.377. The van der Waals surface area contributed by atoms with Gasteiger partial charge >= 0.3 is 5.97 Å². The van der Waals surface area contributed by atoms with Crippen LogP contribution in [0.4, 0.5) is 0 Å². The topological polar surface area (TPSA) is 51.2 Å². The highest BCUT2D eigenvalue weighted by atomic mass is 16.5. The molecule has 1 aliphatic rings. The Morgan fingerprint density at radius 1 is 1.35 bits per heavy atom. The number of ether oxygens (including phenoxy) is 1. The van der Waals surface area contributed by atoms with Crippen molar-refractivity contribution in [3.8, 4) is 0 Å². The van der Waals surface area contributed by atoms with E-state index in [9.17, 15) is 4.79 Å². The molecule has 2 rings (SSSR count). The molecule has 0 atom stereocenters. The number of nitrogens with one attached hydrogen (secondary N) is 1. The van der Waals surface area contributed by atoms with Crippen LogP contribution in [0.2, 0.25) is 0 Å². The monoisotopic (exact) mass is 276 g/mol. The average molecular weight is 276 g/mol. The molecule has 0 bridgehead atoms. The van der Waals surface area contributed by atoms with E-state index in [1.807, 2.05) is 33.0 Å². The number of carbonyl (C=O) groups is 1. The van der Waals surface area contributed by atoms with Crippen molar-refractivity contribution in [2.45, 2.75) is 46.1 Å². The van der Waals surface area contributed by atoms with Gasteiger partial charge in [0.25, 0.3) is 0 Å². The number of hydrogen-bond donors (Lipinski definition) is 1. The lowest BCUT2D eigenvalue weighted by Crippen LogP contribution is -2.27. The molecule has 20 heavy (non-hydrogen) atoms. The molecule has 0 unspecified atom stereocenters. The van der Waals surface area contributed by atoms with Crippen LogP contribution in [0.15, 0.2) is 18.3 Å². The smallest absolute Gasteiger partial charge is 0.311 e. The minimum atomic E-state index is -0.456. The summed E-state index contributed by atoms with van der Waals surface area (Å²) in [4.78, 5) is 16.2. The third kappa shape index (κ3) is 4.04. The number of pyridine rings is 1. The van der Waals surface area contributed by atoms with Gasteiger partial charge in [-0.15, -0.1) is 0 Å². The van der Waals surface area contributed by atoms with E-state index < -0.39 is 5.41 Å². The maximum Gasteiger partial charge on any atom is 0.311 e. The van der Waals surface area contributed by atoms with Gasteiger partial charge in [0.15, 0.2) is 0 Å². The van der Waals surface area contributed by atoms with Crippen molar-refractivity contribution >= 4 is 5.97 Å². The minimum Gasteiger partial charge on any atom is -0.460 e. The van der Waals surface area contributed by atoms with Crippen molar-refractivity contribution in [3.05, 3.63) is 29.6 Å². The highest BCUT2D eigenvalue weighted by Crippen LogP contribution is 2.23. The van der Waals surface area contributed by atoms with Crippen LogP contribution in [0.3, 0.4) is 0 Å². The van der Waals surface area contributed by atoms with Gasteiger partial charge in [-0.3, -0.25) is 9.78 Å². The van der Waals surface area contributed by atoms with Crippen molar-refractivity contribution in [2.75, 3.05) is 13.1 Å². The molecular weight excluding hydrogens is 252 g/mol. The van der Waals surface area contributed by atoms with Gasteiger partial charge in [0.2, 0.25) is 0 Å². The Morgan fingerprint density at radius 2 is 2.05 bits per heavy atom. The van der Waals surface area contributed by atoms with E-state index in [0.29, 0.717) is 12.5 Å². The standard InChI is InChI=1S/C16H24N2O2/c1-16(2,3)15(19)20-11-12-4-5-14(18-10-12)13-6-8-17-9-7-13/h4-5,10,13,17H,6-9,11H2,1-3H3. The second-order valence-corrected chi connectivity index (χ2v) is 6.44. The first-order chi connectivity index (χ1) is 9.47. The second-order valence-electron chi connectivity index (χ2n) is 6.44. The average Bonchev–Trinajstić information content (AvgIpc) is 2.45. The molecular formula is C16H24N2O2. The number of esters is 1. The molecule has 0 spiro atoms. The lowest BCUT2D eigenvalue weighted by atomic mass is 9.94. The van der Waals surface area contributed by atoms with Crippen molar-refractivity contribution < 1.29 is 9.53 Å². The largest absolute Gasteiger partial charge is 0.460 e. The fourth-order valence-corrected chi connectivity index (χ4v) is 2.25. The Bertz CT molecular complexity index is 443. The predicted molar refractivity (Wildman–Crippen MR) is 78.3 cm³/mol. The lowest BCUT2D eigenvalue weighted by Gasteiger charge is -2.22. The first-order valence-electron chi connectivity index (χ1n) is 7.29. The van der Waals surface area contributed by atoms with Crippen LogP contribution in [-0.4, -0.2) is 24.0 Å². The fraction of sp³-hybridized carbons (Fsp3) is 0.625. The predicted octanol–water partition coefficient (Wildman–Crippen LogP) is 2.64. The van der Waals surface area contributed by atoms with Gasteiger partial charge in [0.05, 0.1) is 5.41 Å². The number of hydrogen-bond acceptors (Lipinski definition) is 4. The van der Waals surface area contributed by atoms with E-state index in [1.54, 1.807) is 0 Å². The van der Waals surface area contributed by atoms with Crippen molar-refractivity contribution in [1.29, 1.82) is 0 Å². The van der Waals surface area contributed by atoms with Crippen LogP contribution in [-0.2, 0) is 16.1 Å². The Hall–Kier alpha value is -1.42. The molecule has 0 radical (unpaired) electrons. The summed E-state index contributed by atoms with van der Waals surface area (Å²) in [5, 5.41) is 3.36. The van der Waals surface area contributed by atoms with E-state index in [4.69, 9.17) is 4.74 Å². The van der Waals surface area contributed by atoms with E-state index in [2.05, 4.69) is 16.4 Å². The molecule has 1 saturated heterocycles. The molecule has 4 nitrogen and oxygen atoms in total. The van der Waals surface area contributed by atoms with Gasteiger partial charge < -0.3 is 10.1 Å². The molecule has 0 aromatic carbocycles. The Balaban J connectivity index is 1.90. The first-order valence-corrected chi connectivity index (χ1v) is 7.29. The zero-order chi connectivity index (χ0) is 14.6. The Kier molecular flexibility index (Phi) is 4.76. The molecule has 1 aliphatic heterocycles. The molecule has 0 amide bonds. The van der Waals surface area contributed by atoms with Crippen LogP contribution >= 0.6 is 0 Å².